The van der Waals surface area contributed by atoms with Gasteiger partial charge in [-0.05, 0) is 24.5 Å². The molecule has 2 N–H and O–H groups in total. The zero-order valence-electron chi connectivity index (χ0n) is 11.6. The average Bonchev–Trinajstić information content (AvgIpc) is 2.86. The molecule has 2 aromatic rings. The number of hydrogen-bond acceptors (Lipinski definition) is 3. The van der Waals surface area contributed by atoms with Crippen LogP contribution in [0.15, 0.2) is 36.4 Å². The molecule has 0 aliphatic carbocycles. The van der Waals surface area contributed by atoms with E-state index in [1.165, 1.54) is 0 Å². The average molecular weight is 269 g/mol. The Bertz CT molecular complexity index is 640. The van der Waals surface area contributed by atoms with Crippen molar-refractivity contribution < 1.29 is 4.79 Å². The number of pyridine rings is 1. The summed E-state index contributed by atoms with van der Waals surface area (Å²) in [5.74, 6) is 0.458. The summed E-state index contributed by atoms with van der Waals surface area (Å²) in [5, 5.41) is 1.05. The van der Waals surface area contributed by atoms with E-state index in [0.29, 0.717) is 18.2 Å². The lowest BCUT2D eigenvalue weighted by Crippen LogP contribution is -2.42. The summed E-state index contributed by atoms with van der Waals surface area (Å²) in [5.41, 5.74) is 7.17. The van der Waals surface area contributed by atoms with Crippen LogP contribution in [0.3, 0.4) is 0 Å². The van der Waals surface area contributed by atoms with Crippen LogP contribution in [0.1, 0.15) is 23.8 Å². The lowest BCUT2D eigenvalue weighted by atomic mass is 10.0. The van der Waals surface area contributed by atoms with E-state index in [9.17, 15) is 4.79 Å². The number of hydrogen-bond donors (Lipinski definition) is 1. The van der Waals surface area contributed by atoms with Gasteiger partial charge >= 0.3 is 0 Å². The first-order valence-electron chi connectivity index (χ1n) is 7.07. The van der Waals surface area contributed by atoms with Gasteiger partial charge in [-0.3, -0.25) is 4.79 Å². The minimum Gasteiger partial charge on any atom is -0.333 e. The van der Waals surface area contributed by atoms with Crippen LogP contribution >= 0.6 is 0 Å². The van der Waals surface area contributed by atoms with Crippen molar-refractivity contribution >= 4 is 16.8 Å². The fourth-order valence-corrected chi connectivity index (χ4v) is 2.95. The van der Waals surface area contributed by atoms with Crippen molar-refractivity contribution in [3.63, 3.8) is 0 Å². The number of nitrogens with two attached hydrogens (primary N) is 1. The Labute approximate surface area is 118 Å². The second-order valence-corrected chi connectivity index (χ2v) is 5.46. The van der Waals surface area contributed by atoms with Crippen molar-refractivity contribution in [3.8, 4) is 0 Å². The molecular formula is C16H19N3O. The molecular weight excluding hydrogens is 250 g/mol. The third-order valence-electron chi connectivity index (χ3n) is 4.20. The Hall–Kier alpha value is -1.94. The molecule has 3 rings (SSSR count). The minimum atomic E-state index is -0.00412. The van der Waals surface area contributed by atoms with Gasteiger partial charge in [0, 0.05) is 24.5 Å². The van der Waals surface area contributed by atoms with Gasteiger partial charge in [0.05, 0.1) is 5.52 Å². The van der Waals surface area contributed by atoms with Gasteiger partial charge in [-0.25, -0.2) is 4.98 Å². The quantitative estimate of drug-likeness (QED) is 0.907. The van der Waals surface area contributed by atoms with E-state index in [1.807, 2.05) is 35.2 Å². The summed E-state index contributed by atoms with van der Waals surface area (Å²) in [6, 6.07) is 11.7. The second-order valence-electron chi connectivity index (χ2n) is 5.46. The van der Waals surface area contributed by atoms with Crippen LogP contribution in [0.4, 0.5) is 0 Å². The van der Waals surface area contributed by atoms with Crippen molar-refractivity contribution in [1.82, 2.24) is 9.88 Å². The highest BCUT2D eigenvalue weighted by molar-refractivity contribution is 5.95. The van der Waals surface area contributed by atoms with Gasteiger partial charge in [0.25, 0.3) is 5.91 Å². The number of fused-ring (bicyclic) bond motifs is 1. The molecule has 1 aliphatic rings. The Morgan fingerprint density at radius 1 is 1.35 bits per heavy atom. The standard InChI is InChI=1S/C16H19N3O/c1-11-8-9-19(15(11)10-17)16(20)14-7-6-12-4-2-3-5-13(12)18-14/h2-7,11,15H,8-10,17H2,1H3. The topological polar surface area (TPSA) is 59.2 Å². The minimum absolute atomic E-state index is 0.00412. The van der Waals surface area contributed by atoms with Crippen LogP contribution < -0.4 is 5.73 Å². The smallest absolute Gasteiger partial charge is 0.272 e. The molecule has 20 heavy (non-hydrogen) atoms. The predicted octanol–water partition coefficient (Wildman–Crippen LogP) is 2.04. The van der Waals surface area contributed by atoms with Crippen LogP contribution in [0.25, 0.3) is 10.9 Å². The Kier molecular flexibility index (Phi) is 3.40. The first kappa shape index (κ1) is 13.1. The zero-order chi connectivity index (χ0) is 14.1. The number of para-hydroxylation sites is 1. The number of carbonyl (C=O) groups is 1. The molecule has 1 saturated heterocycles. The number of nitrogens with zero attached hydrogens (tertiary/aromatic N) is 2. The van der Waals surface area contributed by atoms with Gasteiger partial charge in [0.2, 0.25) is 0 Å². The van der Waals surface area contributed by atoms with Gasteiger partial charge in [-0.2, -0.15) is 0 Å². The third-order valence-corrected chi connectivity index (χ3v) is 4.20. The number of rotatable bonds is 2. The van der Waals surface area contributed by atoms with Crippen LogP contribution in [0, 0.1) is 5.92 Å². The van der Waals surface area contributed by atoms with Crippen LogP contribution in [-0.4, -0.2) is 34.9 Å². The highest BCUT2D eigenvalue weighted by Gasteiger charge is 2.34. The molecule has 1 amide bonds. The molecule has 2 atom stereocenters. The highest BCUT2D eigenvalue weighted by atomic mass is 16.2. The Balaban J connectivity index is 1.92. The van der Waals surface area contributed by atoms with Gasteiger partial charge in [-0.15, -0.1) is 0 Å². The number of benzene rings is 1. The molecule has 1 aliphatic heterocycles. The van der Waals surface area contributed by atoms with E-state index in [-0.39, 0.29) is 11.9 Å². The van der Waals surface area contributed by atoms with Crippen molar-refractivity contribution in [1.29, 1.82) is 0 Å². The molecule has 0 spiro atoms. The molecule has 4 heteroatoms. The van der Waals surface area contributed by atoms with Gasteiger partial charge in [0.1, 0.15) is 5.69 Å². The summed E-state index contributed by atoms with van der Waals surface area (Å²) in [6.45, 7) is 3.44. The lowest BCUT2D eigenvalue weighted by molar-refractivity contribution is 0.0722. The SMILES string of the molecule is CC1CCN(C(=O)c2ccc3ccccc3n2)C1CN. The maximum atomic E-state index is 12.6. The van der Waals surface area contributed by atoms with E-state index in [2.05, 4.69) is 11.9 Å². The predicted molar refractivity (Wildman–Crippen MR) is 79.4 cm³/mol. The van der Waals surface area contributed by atoms with Crippen molar-refractivity contribution in [2.75, 3.05) is 13.1 Å². The second kappa shape index (κ2) is 5.21. The lowest BCUT2D eigenvalue weighted by Gasteiger charge is -2.25. The van der Waals surface area contributed by atoms with Crippen molar-refractivity contribution in [2.24, 2.45) is 11.7 Å². The van der Waals surface area contributed by atoms with Crippen LogP contribution in [0.5, 0.6) is 0 Å². The number of likely N-dealkylation sites (tertiary alicyclic amines) is 1. The highest BCUT2D eigenvalue weighted by Crippen LogP contribution is 2.25. The van der Waals surface area contributed by atoms with Gasteiger partial charge < -0.3 is 10.6 Å². The molecule has 4 nitrogen and oxygen atoms in total. The zero-order valence-corrected chi connectivity index (χ0v) is 11.6. The molecule has 1 aromatic heterocycles. The fraction of sp³-hybridized carbons (Fsp3) is 0.375. The summed E-state index contributed by atoms with van der Waals surface area (Å²) in [6.07, 6.45) is 1.02. The first-order chi connectivity index (χ1) is 9.70. The normalized spacial score (nSPS) is 22.4. The Morgan fingerprint density at radius 2 is 2.15 bits per heavy atom. The molecule has 2 unspecified atom stereocenters. The molecule has 2 heterocycles. The summed E-state index contributed by atoms with van der Waals surface area (Å²) in [4.78, 5) is 19.0. The number of amides is 1. The van der Waals surface area contributed by atoms with E-state index in [1.54, 1.807) is 6.07 Å². The van der Waals surface area contributed by atoms with Crippen LogP contribution in [0.2, 0.25) is 0 Å². The van der Waals surface area contributed by atoms with E-state index < -0.39 is 0 Å². The van der Waals surface area contributed by atoms with E-state index in [4.69, 9.17) is 5.73 Å². The largest absolute Gasteiger partial charge is 0.333 e. The fourth-order valence-electron chi connectivity index (χ4n) is 2.95. The molecule has 1 aromatic carbocycles. The summed E-state index contributed by atoms with van der Waals surface area (Å²) >= 11 is 0. The third kappa shape index (κ3) is 2.16. The van der Waals surface area contributed by atoms with E-state index in [0.717, 1.165) is 23.9 Å². The molecule has 0 radical (unpaired) electrons. The van der Waals surface area contributed by atoms with Gasteiger partial charge in [-0.1, -0.05) is 31.2 Å². The van der Waals surface area contributed by atoms with Crippen molar-refractivity contribution in [2.45, 2.75) is 19.4 Å². The monoisotopic (exact) mass is 269 g/mol. The van der Waals surface area contributed by atoms with Crippen molar-refractivity contribution in [3.05, 3.63) is 42.1 Å². The Morgan fingerprint density at radius 3 is 2.95 bits per heavy atom. The molecule has 0 saturated carbocycles. The summed E-state index contributed by atoms with van der Waals surface area (Å²) in [7, 11) is 0. The molecule has 0 bridgehead atoms. The number of aromatic nitrogens is 1. The van der Waals surface area contributed by atoms with Crippen LogP contribution in [-0.2, 0) is 0 Å². The molecule has 1 fully saturated rings. The summed E-state index contributed by atoms with van der Waals surface area (Å²) < 4.78 is 0. The maximum Gasteiger partial charge on any atom is 0.272 e. The first-order valence-corrected chi connectivity index (χ1v) is 7.07. The number of carbonyl (C=O) groups excluding carboxylic acids is 1. The van der Waals surface area contributed by atoms with Gasteiger partial charge in [0.15, 0.2) is 0 Å². The molecule has 104 valence electrons. The maximum absolute atomic E-state index is 12.6. The van der Waals surface area contributed by atoms with E-state index >= 15 is 0 Å².